The van der Waals surface area contributed by atoms with Crippen LogP contribution in [-0.2, 0) is 45.7 Å². The van der Waals surface area contributed by atoms with Crippen LogP contribution in [0.3, 0.4) is 0 Å². The molecule has 0 bridgehead atoms. The first kappa shape index (κ1) is 44.0. The van der Waals surface area contributed by atoms with Gasteiger partial charge in [-0.3, -0.25) is 9.59 Å². The molecule has 249 valence electrons. The summed E-state index contributed by atoms with van der Waals surface area (Å²) in [6.45, 7) is 18.7. The normalized spacial score (nSPS) is 16.7. The van der Waals surface area contributed by atoms with Gasteiger partial charge >= 0.3 is 40.6 Å². The van der Waals surface area contributed by atoms with Crippen molar-refractivity contribution >= 4 is 32.3 Å². The van der Waals surface area contributed by atoms with Gasteiger partial charge in [0.15, 0.2) is 0 Å². The Morgan fingerprint density at radius 2 is 0.909 bits per heavy atom. The van der Waals surface area contributed by atoms with Crippen LogP contribution in [0.5, 0.6) is 5.75 Å². The molecule has 0 spiro atoms. The Morgan fingerprint density at radius 3 is 1.16 bits per heavy atom. The van der Waals surface area contributed by atoms with Gasteiger partial charge in [-0.1, -0.05) is 34.6 Å². The van der Waals surface area contributed by atoms with Gasteiger partial charge in [-0.15, -0.1) is 5.06 Å². The largest absolute Gasteiger partial charge is 3.00 e. The van der Waals surface area contributed by atoms with Crippen molar-refractivity contribution in [2.75, 3.05) is 7.11 Å². The SMILES string of the molecule is COc1c(C)c(C)c(CC(=O)ON2C(=O)CCC2=O)c(C)c1C.C[C]1[C](C)[C](C)[C](C)[C]1C.F[B-](F)(F)F.F[B-](F)(F)F.[Ir+3]. The summed E-state index contributed by atoms with van der Waals surface area (Å²) in [7, 11) is -10.4. The van der Waals surface area contributed by atoms with Gasteiger partial charge in [0, 0.05) is 12.8 Å². The molecule has 2 amide bonds. The maximum absolute atomic E-state index is 12.1. The number of benzene rings is 1. The molecule has 1 aromatic carbocycles. The number of ether oxygens (including phenoxy) is 1. The molecule has 5 radical (unpaired) electrons. The van der Waals surface area contributed by atoms with Crippen molar-refractivity contribution in [3.8, 4) is 5.75 Å². The number of halogens is 8. The van der Waals surface area contributed by atoms with Crippen LogP contribution in [0.2, 0.25) is 0 Å². The molecule has 17 heteroatoms. The Morgan fingerprint density at radius 1 is 0.636 bits per heavy atom. The van der Waals surface area contributed by atoms with E-state index >= 15 is 0 Å². The second-order valence-electron chi connectivity index (χ2n) is 9.85. The fourth-order valence-electron chi connectivity index (χ4n) is 4.27. The van der Waals surface area contributed by atoms with Crippen LogP contribution in [0.4, 0.5) is 34.5 Å². The van der Waals surface area contributed by atoms with Gasteiger partial charge in [-0.2, -0.15) is 0 Å². The van der Waals surface area contributed by atoms with Crippen molar-refractivity contribution in [3.05, 3.63) is 57.4 Å². The molecule has 1 aromatic rings. The molecule has 1 aliphatic heterocycles. The minimum atomic E-state index is -6.00. The fraction of sp³-hybridized carbons (Fsp3) is 0.481. The van der Waals surface area contributed by atoms with Crippen LogP contribution in [-0.4, -0.2) is 44.5 Å². The number of rotatable bonds is 4. The number of nitrogens with zero attached hydrogens (tertiary/aromatic N) is 1. The Kier molecular flexibility index (Phi) is 18.1. The smallest absolute Gasteiger partial charge is 0.496 e. The number of hydrogen-bond donors (Lipinski definition) is 0. The molecule has 1 aliphatic carbocycles. The summed E-state index contributed by atoms with van der Waals surface area (Å²) in [4.78, 5) is 40.1. The monoisotopic (exact) mass is 821 g/mol. The van der Waals surface area contributed by atoms with Crippen molar-refractivity contribution in [2.24, 2.45) is 0 Å². The minimum Gasteiger partial charge on any atom is -0.496 e. The van der Waals surface area contributed by atoms with E-state index in [1.54, 1.807) is 7.11 Å². The van der Waals surface area contributed by atoms with E-state index in [1.807, 2.05) is 27.7 Å². The number of amides is 2. The maximum Gasteiger partial charge on any atom is 3.00 e. The quantitative estimate of drug-likeness (QED) is 0.178. The zero-order chi connectivity index (χ0) is 34.2. The number of hydroxylamine groups is 2. The summed E-state index contributed by atoms with van der Waals surface area (Å²) in [5.74, 6) is 6.58. The Bertz CT molecular complexity index is 1020. The van der Waals surface area contributed by atoms with Crippen LogP contribution in [0.1, 0.15) is 75.3 Å². The number of carbonyl (C=O) groups excluding carboxylic acids is 3. The van der Waals surface area contributed by atoms with Crippen molar-refractivity contribution in [1.82, 2.24) is 5.06 Å². The fourth-order valence-corrected chi connectivity index (χ4v) is 4.27. The molecule has 1 heterocycles. The third kappa shape index (κ3) is 14.3. The van der Waals surface area contributed by atoms with Gasteiger partial charge < -0.3 is 44.1 Å². The maximum atomic E-state index is 12.1. The van der Waals surface area contributed by atoms with Crippen molar-refractivity contribution in [1.29, 1.82) is 0 Å². The van der Waals surface area contributed by atoms with E-state index < -0.39 is 32.3 Å². The average molecular weight is 820 g/mol. The van der Waals surface area contributed by atoms with Crippen LogP contribution < -0.4 is 4.74 Å². The second-order valence-corrected chi connectivity index (χ2v) is 9.85. The zero-order valence-corrected chi connectivity index (χ0v) is 28.5. The molecule has 3 rings (SSSR count). The molecule has 1 saturated carbocycles. The van der Waals surface area contributed by atoms with Crippen LogP contribution in [0.15, 0.2) is 0 Å². The van der Waals surface area contributed by atoms with Gasteiger partial charge in [0.1, 0.15) is 5.75 Å². The summed E-state index contributed by atoms with van der Waals surface area (Å²) in [5, 5.41) is 0.580. The van der Waals surface area contributed by atoms with Crippen LogP contribution in [0.25, 0.3) is 0 Å². The first-order chi connectivity index (χ1) is 19.3. The molecule has 44 heavy (non-hydrogen) atoms. The van der Waals surface area contributed by atoms with Crippen molar-refractivity contribution in [3.63, 3.8) is 0 Å². The van der Waals surface area contributed by atoms with Gasteiger partial charge in [-0.05, 0) is 85.1 Å². The van der Waals surface area contributed by atoms with Crippen LogP contribution in [0, 0.1) is 57.3 Å². The van der Waals surface area contributed by atoms with Crippen molar-refractivity contribution < 1.29 is 78.6 Å². The number of methoxy groups -OCH3 is 1. The van der Waals surface area contributed by atoms with Gasteiger partial charge in [0.05, 0.1) is 13.5 Å². The molecule has 2 aliphatic rings. The van der Waals surface area contributed by atoms with Crippen LogP contribution >= 0.6 is 0 Å². The molecule has 0 unspecified atom stereocenters. The summed E-state index contributed by atoms with van der Waals surface area (Å²) in [5.41, 5.74) is 4.66. The van der Waals surface area contributed by atoms with E-state index in [-0.39, 0.29) is 39.4 Å². The van der Waals surface area contributed by atoms with E-state index in [2.05, 4.69) is 34.6 Å². The third-order valence-electron chi connectivity index (χ3n) is 7.25. The molecular formula is C27H36B2F8IrNO5+. The van der Waals surface area contributed by atoms with Gasteiger partial charge in [0.2, 0.25) is 0 Å². The summed E-state index contributed by atoms with van der Waals surface area (Å²) < 4.78 is 83.4. The molecule has 6 nitrogen and oxygen atoms in total. The topological polar surface area (TPSA) is 72.9 Å². The Balaban J connectivity index is 0. The Labute approximate surface area is 267 Å². The minimum absolute atomic E-state index is 0. The predicted octanol–water partition coefficient (Wildman–Crippen LogP) is 7.65. The number of hydrogen-bond acceptors (Lipinski definition) is 5. The first-order valence-corrected chi connectivity index (χ1v) is 13.0. The van der Waals surface area contributed by atoms with Gasteiger partial charge in [0.25, 0.3) is 11.8 Å². The summed E-state index contributed by atoms with van der Waals surface area (Å²) in [6.07, 6.45) is 0.177. The molecule has 0 atom stereocenters. The Hall–Kier alpha value is -2.15. The standard InChI is InChI=1S/C17H21NO5.C10H15.2BF4.Ir/c1-9-11(3)17(22-5)12(4)10(2)13(9)8-16(21)23-18-14(19)6-7-15(18)20;1-6-7(2)9(4)10(5)8(6)3;2*2-1(3,4)5;/h6-8H2,1-5H3;1-5H3;;;/q;;2*-1;+3. The molecule has 2 fully saturated rings. The zero-order valence-electron chi connectivity index (χ0n) is 26.1. The van der Waals surface area contributed by atoms with E-state index in [4.69, 9.17) is 9.57 Å². The molecular weight excluding hydrogens is 784 g/mol. The molecule has 0 aromatic heterocycles. The molecule has 1 saturated heterocycles. The van der Waals surface area contributed by atoms with E-state index in [0.717, 1.165) is 33.6 Å². The van der Waals surface area contributed by atoms with Crippen molar-refractivity contribution in [2.45, 2.75) is 81.6 Å². The van der Waals surface area contributed by atoms with E-state index in [9.17, 15) is 48.9 Å². The number of carbonyl (C=O) groups is 3. The number of imide groups is 1. The summed E-state index contributed by atoms with van der Waals surface area (Å²) in [6, 6.07) is 0. The first-order valence-electron chi connectivity index (χ1n) is 13.0. The van der Waals surface area contributed by atoms with E-state index in [0.29, 0.717) is 5.06 Å². The molecule has 0 N–H and O–H groups in total. The van der Waals surface area contributed by atoms with Gasteiger partial charge in [-0.25, -0.2) is 4.79 Å². The third-order valence-corrected chi connectivity index (χ3v) is 7.25. The average Bonchev–Trinajstić information content (AvgIpc) is 3.26. The predicted molar refractivity (Wildman–Crippen MR) is 148 cm³/mol. The van der Waals surface area contributed by atoms with E-state index in [1.165, 1.54) is 29.6 Å². The second kappa shape index (κ2) is 18.1. The summed E-state index contributed by atoms with van der Waals surface area (Å²) >= 11 is 0.